The molecule has 1 amide bonds. The van der Waals surface area contributed by atoms with Gasteiger partial charge in [-0.3, -0.25) is 19.6 Å². The van der Waals surface area contributed by atoms with E-state index in [0.717, 1.165) is 93.1 Å². The van der Waals surface area contributed by atoms with Crippen molar-refractivity contribution in [2.45, 2.75) is 69.5 Å². The van der Waals surface area contributed by atoms with Crippen LogP contribution in [0.4, 0.5) is 5.69 Å². The van der Waals surface area contributed by atoms with Gasteiger partial charge in [0, 0.05) is 80.4 Å². The first-order chi connectivity index (χ1) is 29.9. The smallest absolute Gasteiger partial charge is 0.268 e. The van der Waals surface area contributed by atoms with Gasteiger partial charge in [-0.25, -0.2) is 18.1 Å². The van der Waals surface area contributed by atoms with Crippen LogP contribution < -0.4 is 19.1 Å². The van der Waals surface area contributed by atoms with Crippen molar-refractivity contribution in [3.63, 3.8) is 0 Å². The van der Waals surface area contributed by atoms with E-state index in [2.05, 4.69) is 55.4 Å². The molecule has 0 unspecified atom stereocenters. The molecule has 2 saturated heterocycles. The maximum atomic E-state index is 14.0. The molecule has 12 nitrogen and oxygen atoms in total. The molecule has 4 aromatic rings. The maximum Gasteiger partial charge on any atom is 0.268 e. The third kappa shape index (κ3) is 9.83. The lowest BCUT2D eigenvalue weighted by molar-refractivity contribution is -0.0510. The van der Waals surface area contributed by atoms with E-state index < -0.39 is 15.9 Å². The third-order valence-electron chi connectivity index (χ3n) is 12.6. The summed E-state index contributed by atoms with van der Waals surface area (Å²) in [6, 6.07) is 21.1. The first-order valence-corrected chi connectivity index (χ1v) is 23.7. The normalized spacial score (nSPS) is 20.6. The number of aliphatic imine (C=N–C) groups is 1. The van der Waals surface area contributed by atoms with Crippen LogP contribution in [0.3, 0.4) is 0 Å². The van der Waals surface area contributed by atoms with E-state index in [9.17, 15) is 13.2 Å². The summed E-state index contributed by atoms with van der Waals surface area (Å²) in [5, 5.41) is 0.747. The molecule has 0 bridgehead atoms. The van der Waals surface area contributed by atoms with E-state index in [1.165, 1.54) is 35.6 Å². The second-order valence-electron chi connectivity index (χ2n) is 17.7. The number of piperazine rings is 1. The Hall–Kier alpha value is -4.50. The standard InChI is InChI=1S/C47H52Cl2N6O6S/c1-47(2)15-14-33(40(24-47)31-6-8-34(48)9-7-31)28-53-16-18-54(19-17-53)36-12-13-39(44(22-36)61-43-5-3-4-32-25-50-27-41(32)43)45(56)52-62(57,58)38-23-42(49)46(51-26-38)60-30-37-29-55(20-21-59-37)35-10-11-35/h3-9,12-13,22-23,26-27,35,37H,10-11,14-21,24-25,28-30H2,1-2H3,(H,52,56)/t37-/m0/s1. The molecule has 2 aliphatic carbocycles. The summed E-state index contributed by atoms with van der Waals surface area (Å²) in [7, 11) is -4.41. The van der Waals surface area contributed by atoms with Crippen LogP contribution >= 0.6 is 23.2 Å². The number of carbonyl (C=O) groups is 1. The number of nitrogens with zero attached hydrogens (tertiary/aromatic N) is 5. The Kier molecular flexibility index (Phi) is 12.4. The Labute approximate surface area is 373 Å². The van der Waals surface area contributed by atoms with Crippen LogP contribution in [0.2, 0.25) is 10.0 Å². The van der Waals surface area contributed by atoms with Gasteiger partial charge in [0.05, 0.1) is 24.9 Å². The van der Waals surface area contributed by atoms with Gasteiger partial charge in [0.1, 0.15) is 34.1 Å². The fourth-order valence-corrected chi connectivity index (χ4v) is 10.2. The molecule has 3 fully saturated rings. The van der Waals surface area contributed by atoms with Crippen molar-refractivity contribution in [3.8, 4) is 17.4 Å². The maximum absolute atomic E-state index is 14.0. The predicted octanol–water partition coefficient (Wildman–Crippen LogP) is 8.26. The van der Waals surface area contributed by atoms with Crippen LogP contribution in [0, 0.1) is 5.41 Å². The molecule has 62 heavy (non-hydrogen) atoms. The highest BCUT2D eigenvalue weighted by Gasteiger charge is 2.34. The van der Waals surface area contributed by atoms with Gasteiger partial charge >= 0.3 is 0 Å². The summed E-state index contributed by atoms with van der Waals surface area (Å²) >= 11 is 12.7. The quantitative estimate of drug-likeness (QED) is 0.140. The molecule has 1 aromatic heterocycles. The zero-order valence-corrected chi connectivity index (χ0v) is 37.4. The van der Waals surface area contributed by atoms with Crippen LogP contribution in [0.1, 0.15) is 73.0 Å². The lowest BCUT2D eigenvalue weighted by Crippen LogP contribution is -2.47. The number of carbonyl (C=O) groups excluding carboxylic acids is 1. The van der Waals surface area contributed by atoms with E-state index in [0.29, 0.717) is 24.9 Å². The van der Waals surface area contributed by atoms with Crippen molar-refractivity contribution in [2.75, 3.05) is 63.9 Å². The molecule has 3 aromatic carbocycles. The van der Waals surface area contributed by atoms with Crippen LogP contribution in [-0.4, -0.2) is 106 Å². The number of sulfonamides is 1. The number of amides is 1. The Balaban J connectivity index is 0.899. The first kappa shape index (κ1) is 42.8. The summed E-state index contributed by atoms with van der Waals surface area (Å²) in [5.41, 5.74) is 7.16. The first-order valence-electron chi connectivity index (χ1n) is 21.5. The number of fused-ring (bicyclic) bond motifs is 1. The van der Waals surface area contributed by atoms with Crippen LogP contribution in [0.15, 0.2) is 88.4 Å². The molecular formula is C47H52Cl2N6O6S. The van der Waals surface area contributed by atoms with Crippen molar-refractivity contribution in [2.24, 2.45) is 10.4 Å². The lowest BCUT2D eigenvalue weighted by atomic mass is 9.72. The Morgan fingerprint density at radius 1 is 0.984 bits per heavy atom. The van der Waals surface area contributed by atoms with Gasteiger partial charge in [-0.1, -0.05) is 66.9 Å². The number of allylic oxidation sites excluding steroid dienone is 1. The number of anilines is 1. The fourth-order valence-electron chi connectivity index (χ4n) is 8.88. The number of halogens is 2. The van der Waals surface area contributed by atoms with E-state index in [1.54, 1.807) is 12.3 Å². The van der Waals surface area contributed by atoms with Crippen LogP contribution in [-0.2, 0) is 21.3 Å². The molecule has 3 aliphatic heterocycles. The molecule has 5 aliphatic rings. The molecule has 9 rings (SSSR count). The van der Waals surface area contributed by atoms with Gasteiger partial charge in [0.25, 0.3) is 15.9 Å². The average Bonchev–Trinajstić information content (AvgIpc) is 4.00. The number of morpholine rings is 1. The van der Waals surface area contributed by atoms with Crippen molar-refractivity contribution in [1.82, 2.24) is 19.5 Å². The molecule has 15 heteroatoms. The van der Waals surface area contributed by atoms with Crippen LogP contribution in [0.25, 0.3) is 5.57 Å². The minimum Gasteiger partial charge on any atom is -0.474 e. The number of rotatable bonds is 13. The predicted molar refractivity (Wildman–Crippen MR) is 243 cm³/mol. The van der Waals surface area contributed by atoms with Gasteiger partial charge in [0.15, 0.2) is 0 Å². The molecular weight excluding hydrogens is 848 g/mol. The number of ether oxygens (including phenoxy) is 3. The highest BCUT2D eigenvalue weighted by Crippen LogP contribution is 2.44. The topological polar surface area (TPSA) is 126 Å². The number of hydrogen-bond donors (Lipinski definition) is 1. The average molecular weight is 900 g/mol. The minimum atomic E-state index is -4.41. The molecule has 4 heterocycles. The van der Waals surface area contributed by atoms with E-state index in [4.69, 9.17) is 37.4 Å². The van der Waals surface area contributed by atoms with Crippen LogP contribution in [0.5, 0.6) is 17.4 Å². The molecule has 0 radical (unpaired) electrons. The highest BCUT2D eigenvalue weighted by atomic mass is 35.5. The van der Waals surface area contributed by atoms with Gasteiger partial charge < -0.3 is 19.1 Å². The second-order valence-corrected chi connectivity index (χ2v) is 20.2. The Morgan fingerprint density at radius 3 is 2.56 bits per heavy atom. The van der Waals surface area contributed by atoms with Gasteiger partial charge in [0.2, 0.25) is 5.88 Å². The van der Waals surface area contributed by atoms with E-state index in [1.807, 2.05) is 42.5 Å². The number of nitrogens with one attached hydrogen (secondary N) is 1. The van der Waals surface area contributed by atoms with Crippen molar-refractivity contribution in [3.05, 3.63) is 111 Å². The van der Waals surface area contributed by atoms with E-state index >= 15 is 0 Å². The Bertz CT molecular complexity index is 2500. The molecule has 1 atom stereocenters. The fraction of sp³-hybridized carbons (Fsp3) is 0.426. The van der Waals surface area contributed by atoms with Gasteiger partial charge in [-0.2, -0.15) is 0 Å². The van der Waals surface area contributed by atoms with E-state index in [-0.39, 0.29) is 45.2 Å². The third-order valence-corrected chi connectivity index (χ3v) is 14.4. The second kappa shape index (κ2) is 17.9. The summed E-state index contributed by atoms with van der Waals surface area (Å²) in [6.45, 7) is 11.9. The zero-order chi connectivity index (χ0) is 43.0. The van der Waals surface area contributed by atoms with Crippen molar-refractivity contribution < 1.29 is 27.4 Å². The van der Waals surface area contributed by atoms with Gasteiger partial charge in [-0.05, 0) is 90.6 Å². The van der Waals surface area contributed by atoms with Crippen molar-refractivity contribution in [1.29, 1.82) is 0 Å². The Morgan fingerprint density at radius 2 is 1.79 bits per heavy atom. The summed E-state index contributed by atoms with van der Waals surface area (Å²) in [5.74, 6) is -0.0235. The number of benzene rings is 3. The molecule has 0 spiro atoms. The highest BCUT2D eigenvalue weighted by molar-refractivity contribution is 7.90. The summed E-state index contributed by atoms with van der Waals surface area (Å²) in [4.78, 5) is 29.5. The molecule has 1 saturated carbocycles. The largest absolute Gasteiger partial charge is 0.474 e. The molecule has 326 valence electrons. The minimum absolute atomic E-state index is 0.00432. The van der Waals surface area contributed by atoms with Gasteiger partial charge in [-0.15, -0.1) is 0 Å². The number of aromatic nitrogens is 1. The number of pyridine rings is 1. The lowest BCUT2D eigenvalue weighted by Gasteiger charge is -2.39. The summed E-state index contributed by atoms with van der Waals surface area (Å²) < 4.78 is 47.8. The van der Waals surface area contributed by atoms with Crippen molar-refractivity contribution >= 4 is 56.6 Å². The number of hydrogen-bond acceptors (Lipinski definition) is 11. The monoisotopic (exact) mass is 898 g/mol. The zero-order valence-electron chi connectivity index (χ0n) is 35.1. The summed E-state index contributed by atoms with van der Waals surface area (Å²) in [6.07, 6.45) is 8.42. The molecule has 1 N–H and O–H groups in total. The SMILES string of the molecule is CC1(C)CCC(CN2CCN(c3ccc(C(=O)NS(=O)(=O)c4cnc(OC[C@@H]5CN(C6CC6)CCO5)c(Cl)c4)c(Oc4cccc5c4C=NC5)c3)CC2)=C(c2ccc(Cl)cc2)C1.